The molecule has 9 nitrogen and oxygen atoms in total. The predicted octanol–water partition coefficient (Wildman–Crippen LogP) is 3.97. The first-order valence-corrected chi connectivity index (χ1v) is 9.02. The van der Waals surface area contributed by atoms with Crippen molar-refractivity contribution in [2.75, 3.05) is 11.9 Å². The Bertz CT molecular complexity index is 934. The number of nitrogens with zero attached hydrogens (tertiary/aromatic N) is 2. The number of rotatable bonds is 5. The van der Waals surface area contributed by atoms with Crippen LogP contribution in [-0.2, 0) is 20.4 Å². The highest BCUT2D eigenvalue weighted by Gasteiger charge is 2.26. The van der Waals surface area contributed by atoms with Gasteiger partial charge in [0.15, 0.2) is 6.61 Å². The van der Waals surface area contributed by atoms with Gasteiger partial charge in [-0.2, -0.15) is 0 Å². The lowest BCUT2D eigenvalue weighted by Crippen LogP contribution is -2.21. The Morgan fingerprint density at radius 2 is 1.79 bits per heavy atom. The van der Waals surface area contributed by atoms with Crippen molar-refractivity contribution in [2.45, 2.75) is 52.4 Å². The maximum atomic E-state index is 12.2. The fourth-order valence-electron chi connectivity index (χ4n) is 2.52. The number of hydrogen-bond acceptors (Lipinski definition) is 7. The zero-order valence-electron chi connectivity index (χ0n) is 17.4. The van der Waals surface area contributed by atoms with Gasteiger partial charge in [0.25, 0.3) is 11.6 Å². The monoisotopic (exact) mass is 403 g/mol. The normalized spacial score (nSPS) is 11.8. The summed E-state index contributed by atoms with van der Waals surface area (Å²) in [6.45, 7) is 10.8. The summed E-state index contributed by atoms with van der Waals surface area (Å²) in [5, 5.41) is 17.7. The molecule has 1 aromatic heterocycles. The highest BCUT2D eigenvalue weighted by molar-refractivity contribution is 5.95. The standard InChI is InChI=1S/C20H25N3O6/c1-19(2,3)13-8-7-12(9-14(13)23(26)27)18(25)28-11-16(24)21-17-10-15(22-29-17)20(4,5)6/h7-10H,11H2,1-6H3,(H,21,24). The van der Waals surface area contributed by atoms with E-state index in [1.165, 1.54) is 12.1 Å². The van der Waals surface area contributed by atoms with Crippen LogP contribution in [-0.4, -0.2) is 28.6 Å². The number of benzene rings is 1. The third-order valence-electron chi connectivity index (χ3n) is 4.11. The Morgan fingerprint density at radius 3 is 2.31 bits per heavy atom. The number of carbonyl (C=O) groups is 2. The first kappa shape index (κ1) is 22.1. The van der Waals surface area contributed by atoms with Gasteiger partial charge in [-0.15, -0.1) is 0 Å². The fraction of sp³-hybridized carbons (Fsp3) is 0.450. The number of hydrogen-bond donors (Lipinski definition) is 1. The smallest absolute Gasteiger partial charge is 0.338 e. The molecule has 2 rings (SSSR count). The zero-order chi connectivity index (χ0) is 22.0. The number of carbonyl (C=O) groups excluding carboxylic acids is 2. The van der Waals surface area contributed by atoms with Crippen LogP contribution >= 0.6 is 0 Å². The molecule has 0 saturated carbocycles. The van der Waals surface area contributed by atoms with Crippen LogP contribution in [0.3, 0.4) is 0 Å². The Morgan fingerprint density at radius 1 is 1.14 bits per heavy atom. The zero-order valence-corrected chi connectivity index (χ0v) is 17.4. The minimum atomic E-state index is -0.836. The summed E-state index contributed by atoms with van der Waals surface area (Å²) >= 11 is 0. The van der Waals surface area contributed by atoms with E-state index < -0.39 is 28.8 Å². The highest BCUT2D eigenvalue weighted by Crippen LogP contribution is 2.32. The second kappa shape index (κ2) is 8.02. The number of anilines is 1. The number of nitrogens with one attached hydrogen (secondary N) is 1. The van der Waals surface area contributed by atoms with Gasteiger partial charge in [-0.3, -0.25) is 20.2 Å². The van der Waals surface area contributed by atoms with Crippen molar-refractivity contribution in [3.8, 4) is 0 Å². The number of amides is 1. The minimum Gasteiger partial charge on any atom is -0.452 e. The van der Waals surface area contributed by atoms with Crippen LogP contribution < -0.4 is 5.32 Å². The van der Waals surface area contributed by atoms with E-state index in [1.54, 1.807) is 6.07 Å². The maximum absolute atomic E-state index is 12.2. The molecule has 156 valence electrons. The molecule has 0 saturated heterocycles. The van der Waals surface area contributed by atoms with Gasteiger partial charge < -0.3 is 9.26 Å². The largest absolute Gasteiger partial charge is 0.452 e. The predicted molar refractivity (Wildman–Crippen MR) is 106 cm³/mol. The molecular formula is C20H25N3O6. The van der Waals surface area contributed by atoms with Crippen LogP contribution in [0.4, 0.5) is 11.6 Å². The van der Waals surface area contributed by atoms with Gasteiger partial charge in [0.2, 0.25) is 5.88 Å². The molecule has 1 aromatic carbocycles. The third kappa shape index (κ3) is 5.63. The van der Waals surface area contributed by atoms with Gasteiger partial charge in [-0.25, -0.2) is 4.79 Å². The molecule has 0 aliphatic carbocycles. The maximum Gasteiger partial charge on any atom is 0.338 e. The first-order valence-electron chi connectivity index (χ1n) is 9.02. The van der Waals surface area contributed by atoms with Crippen molar-refractivity contribution in [3.63, 3.8) is 0 Å². The molecule has 0 atom stereocenters. The van der Waals surface area contributed by atoms with Crippen LogP contribution in [0.25, 0.3) is 0 Å². The Balaban J connectivity index is 2.03. The van der Waals surface area contributed by atoms with Gasteiger partial charge >= 0.3 is 5.97 Å². The van der Waals surface area contributed by atoms with Crippen LogP contribution in [0.15, 0.2) is 28.8 Å². The van der Waals surface area contributed by atoms with E-state index in [4.69, 9.17) is 9.26 Å². The molecule has 0 aliphatic rings. The summed E-state index contributed by atoms with van der Waals surface area (Å²) in [7, 11) is 0. The lowest BCUT2D eigenvalue weighted by atomic mass is 9.85. The molecule has 0 spiro atoms. The van der Waals surface area contributed by atoms with E-state index in [-0.39, 0.29) is 22.6 Å². The van der Waals surface area contributed by atoms with Crippen molar-refractivity contribution in [2.24, 2.45) is 0 Å². The number of aromatic nitrogens is 1. The van der Waals surface area contributed by atoms with Crippen molar-refractivity contribution in [1.29, 1.82) is 0 Å². The summed E-state index contributed by atoms with van der Waals surface area (Å²) in [5.74, 6) is -1.31. The topological polar surface area (TPSA) is 125 Å². The molecule has 29 heavy (non-hydrogen) atoms. The average Bonchev–Trinajstić information content (AvgIpc) is 3.07. The first-order chi connectivity index (χ1) is 13.3. The molecule has 9 heteroatoms. The second-order valence-electron chi connectivity index (χ2n) is 8.69. The van der Waals surface area contributed by atoms with Gasteiger partial charge in [-0.05, 0) is 11.5 Å². The minimum absolute atomic E-state index is 0.00724. The highest BCUT2D eigenvalue weighted by atomic mass is 16.6. The molecular weight excluding hydrogens is 378 g/mol. The number of nitro benzene ring substituents is 1. The summed E-state index contributed by atoms with van der Waals surface area (Å²) in [6, 6.07) is 5.72. The van der Waals surface area contributed by atoms with Gasteiger partial charge in [0.1, 0.15) is 0 Å². The van der Waals surface area contributed by atoms with E-state index >= 15 is 0 Å². The molecule has 0 bridgehead atoms. The Hall–Kier alpha value is -3.23. The third-order valence-corrected chi connectivity index (χ3v) is 4.11. The Labute approximate surface area is 168 Å². The van der Waals surface area contributed by atoms with E-state index in [0.29, 0.717) is 11.3 Å². The van der Waals surface area contributed by atoms with E-state index in [0.717, 1.165) is 6.07 Å². The molecule has 0 aliphatic heterocycles. The number of nitro groups is 1. The molecule has 1 N–H and O–H groups in total. The van der Waals surface area contributed by atoms with E-state index in [2.05, 4.69) is 10.5 Å². The van der Waals surface area contributed by atoms with Gasteiger partial charge in [0.05, 0.1) is 16.2 Å². The van der Waals surface area contributed by atoms with Gasteiger partial charge in [-0.1, -0.05) is 52.8 Å². The molecule has 1 amide bonds. The van der Waals surface area contributed by atoms with Crippen molar-refractivity contribution in [1.82, 2.24) is 5.16 Å². The van der Waals surface area contributed by atoms with Crippen LogP contribution in [0.5, 0.6) is 0 Å². The summed E-state index contributed by atoms with van der Waals surface area (Å²) in [5.41, 5.74) is 0.272. The lowest BCUT2D eigenvalue weighted by molar-refractivity contribution is -0.386. The van der Waals surface area contributed by atoms with E-state index in [9.17, 15) is 19.7 Å². The average molecular weight is 403 g/mol. The van der Waals surface area contributed by atoms with Gasteiger partial charge in [0, 0.05) is 23.1 Å². The molecule has 0 fully saturated rings. The van der Waals surface area contributed by atoms with Crippen LogP contribution in [0.1, 0.15) is 63.2 Å². The molecule has 0 radical (unpaired) electrons. The lowest BCUT2D eigenvalue weighted by Gasteiger charge is -2.19. The number of esters is 1. The summed E-state index contributed by atoms with van der Waals surface area (Å²) < 4.78 is 10.0. The molecule has 0 unspecified atom stereocenters. The Kier molecular flexibility index (Phi) is 6.10. The van der Waals surface area contributed by atoms with Crippen molar-refractivity contribution >= 4 is 23.4 Å². The van der Waals surface area contributed by atoms with Crippen molar-refractivity contribution < 1.29 is 23.8 Å². The van der Waals surface area contributed by atoms with Crippen LogP contribution in [0, 0.1) is 10.1 Å². The van der Waals surface area contributed by atoms with Crippen molar-refractivity contribution in [3.05, 3.63) is 51.2 Å². The fourth-order valence-corrected chi connectivity index (χ4v) is 2.52. The SMILES string of the molecule is CC(C)(C)c1cc(NC(=O)COC(=O)c2ccc(C(C)(C)C)c([N+](=O)[O-])c2)on1. The second-order valence-corrected chi connectivity index (χ2v) is 8.69. The van der Waals surface area contributed by atoms with Crippen LogP contribution in [0.2, 0.25) is 0 Å². The number of ether oxygens (including phenoxy) is 1. The molecule has 1 heterocycles. The summed E-state index contributed by atoms with van der Waals surface area (Å²) in [6.07, 6.45) is 0. The quantitative estimate of drug-likeness (QED) is 0.455. The van der Waals surface area contributed by atoms with E-state index in [1.807, 2.05) is 41.5 Å². The summed E-state index contributed by atoms with van der Waals surface area (Å²) in [4.78, 5) is 35.0. The molecule has 2 aromatic rings.